The van der Waals surface area contributed by atoms with Crippen molar-refractivity contribution >= 4 is 0 Å². The average Bonchev–Trinajstić information content (AvgIpc) is 2.38. The van der Waals surface area contributed by atoms with Crippen molar-refractivity contribution in [1.82, 2.24) is 5.32 Å². The molecule has 1 aliphatic rings. The molecule has 0 heterocycles. The summed E-state index contributed by atoms with van der Waals surface area (Å²) in [6.07, 6.45) is 7.21. The zero-order valence-electron chi connectivity index (χ0n) is 11.4. The number of aliphatic hydroxyl groups excluding tert-OH is 1. The van der Waals surface area contributed by atoms with Crippen molar-refractivity contribution in [3.8, 4) is 0 Å². The summed E-state index contributed by atoms with van der Waals surface area (Å²) in [4.78, 5) is 0. The fraction of sp³-hybridized carbons (Fsp3) is 0.625. The molecule has 1 aromatic carbocycles. The summed E-state index contributed by atoms with van der Waals surface area (Å²) in [5.41, 5.74) is 2.52. The molecule has 1 atom stereocenters. The van der Waals surface area contributed by atoms with Crippen LogP contribution in [0.15, 0.2) is 24.3 Å². The third-order valence-corrected chi connectivity index (χ3v) is 3.91. The molecule has 0 aromatic heterocycles. The molecule has 1 aliphatic carbocycles. The predicted molar refractivity (Wildman–Crippen MR) is 75.2 cm³/mol. The maximum absolute atomic E-state index is 10.0. The number of hydrogen-bond acceptors (Lipinski definition) is 2. The number of hydrogen-bond donors (Lipinski definition) is 2. The second-order valence-corrected chi connectivity index (χ2v) is 5.63. The van der Waals surface area contributed by atoms with E-state index in [9.17, 15) is 5.11 Å². The van der Waals surface area contributed by atoms with Gasteiger partial charge in [0.1, 0.15) is 6.23 Å². The topological polar surface area (TPSA) is 32.3 Å². The van der Waals surface area contributed by atoms with E-state index >= 15 is 0 Å². The van der Waals surface area contributed by atoms with E-state index in [1.54, 1.807) is 0 Å². The van der Waals surface area contributed by atoms with Crippen molar-refractivity contribution in [2.75, 3.05) is 0 Å². The normalized spacial score (nSPS) is 18.8. The number of benzene rings is 1. The zero-order valence-corrected chi connectivity index (χ0v) is 11.4. The summed E-state index contributed by atoms with van der Waals surface area (Å²) in [5.74, 6) is 0.721. The Morgan fingerprint density at radius 1 is 1.28 bits per heavy atom. The summed E-state index contributed by atoms with van der Waals surface area (Å²) in [6.45, 7) is 2.86. The average molecular weight is 247 g/mol. The van der Waals surface area contributed by atoms with Gasteiger partial charge in [-0.25, -0.2) is 0 Å². The monoisotopic (exact) mass is 247 g/mol. The lowest BCUT2D eigenvalue weighted by atomic mass is 9.86. The second kappa shape index (κ2) is 6.91. The Labute approximate surface area is 110 Å². The van der Waals surface area contributed by atoms with Gasteiger partial charge in [0.25, 0.3) is 0 Å². The molecule has 0 aliphatic heterocycles. The molecule has 1 unspecified atom stereocenters. The number of aliphatic hydroxyl groups is 1. The minimum Gasteiger partial charge on any atom is -0.379 e. The van der Waals surface area contributed by atoms with Crippen LogP contribution in [-0.4, -0.2) is 11.3 Å². The van der Waals surface area contributed by atoms with Gasteiger partial charge in [0, 0.05) is 6.54 Å². The van der Waals surface area contributed by atoms with E-state index in [1.165, 1.54) is 43.2 Å². The largest absolute Gasteiger partial charge is 0.379 e. The van der Waals surface area contributed by atoms with Crippen LogP contribution < -0.4 is 5.32 Å². The molecule has 0 amide bonds. The summed E-state index contributed by atoms with van der Waals surface area (Å²) in [7, 11) is 0. The van der Waals surface area contributed by atoms with E-state index in [0.717, 1.165) is 18.9 Å². The lowest BCUT2D eigenvalue weighted by molar-refractivity contribution is 0.0969. The lowest BCUT2D eigenvalue weighted by Crippen LogP contribution is -2.31. The van der Waals surface area contributed by atoms with Crippen LogP contribution >= 0.6 is 0 Å². The standard InChI is InChI=1S/C16H25NO/c1-13-6-5-9-15(10-13)12-17-16(18)11-14-7-3-2-4-8-14/h5-6,9-10,14,16-18H,2-4,7-8,11-12H2,1H3. The van der Waals surface area contributed by atoms with Crippen LogP contribution in [0.25, 0.3) is 0 Å². The fourth-order valence-corrected chi connectivity index (χ4v) is 2.88. The summed E-state index contributed by atoms with van der Waals surface area (Å²) >= 11 is 0. The molecular formula is C16H25NO. The maximum Gasteiger partial charge on any atom is 0.105 e. The molecule has 0 spiro atoms. The molecule has 2 N–H and O–H groups in total. The first-order valence-electron chi connectivity index (χ1n) is 7.21. The van der Waals surface area contributed by atoms with E-state index in [0.29, 0.717) is 0 Å². The van der Waals surface area contributed by atoms with Crippen LogP contribution in [0.3, 0.4) is 0 Å². The third kappa shape index (κ3) is 4.43. The van der Waals surface area contributed by atoms with E-state index in [4.69, 9.17) is 0 Å². The summed E-state index contributed by atoms with van der Waals surface area (Å²) < 4.78 is 0. The zero-order chi connectivity index (χ0) is 12.8. The van der Waals surface area contributed by atoms with Gasteiger partial charge in [0.05, 0.1) is 0 Å². The Balaban J connectivity index is 1.72. The minimum absolute atomic E-state index is 0.353. The number of nitrogens with one attached hydrogen (secondary N) is 1. The third-order valence-electron chi connectivity index (χ3n) is 3.91. The van der Waals surface area contributed by atoms with Gasteiger partial charge in [-0.1, -0.05) is 61.9 Å². The van der Waals surface area contributed by atoms with Crippen molar-refractivity contribution in [3.05, 3.63) is 35.4 Å². The van der Waals surface area contributed by atoms with Crippen LogP contribution in [0.2, 0.25) is 0 Å². The number of rotatable bonds is 5. The van der Waals surface area contributed by atoms with E-state index < -0.39 is 0 Å². The number of aryl methyl sites for hydroxylation is 1. The molecule has 100 valence electrons. The van der Waals surface area contributed by atoms with Gasteiger partial charge in [-0.2, -0.15) is 0 Å². The maximum atomic E-state index is 10.0. The molecule has 2 heteroatoms. The van der Waals surface area contributed by atoms with Crippen molar-refractivity contribution in [2.45, 2.75) is 58.2 Å². The molecule has 2 rings (SSSR count). The van der Waals surface area contributed by atoms with Gasteiger partial charge >= 0.3 is 0 Å². The SMILES string of the molecule is Cc1cccc(CNC(O)CC2CCCCC2)c1. The minimum atomic E-state index is -0.353. The van der Waals surface area contributed by atoms with Crippen molar-refractivity contribution in [2.24, 2.45) is 5.92 Å². The van der Waals surface area contributed by atoms with E-state index in [2.05, 4.69) is 36.5 Å². The molecule has 1 aromatic rings. The molecule has 1 saturated carbocycles. The van der Waals surface area contributed by atoms with Crippen LogP contribution in [0.5, 0.6) is 0 Å². The quantitative estimate of drug-likeness (QED) is 0.782. The molecule has 0 saturated heterocycles. The van der Waals surface area contributed by atoms with Crippen molar-refractivity contribution < 1.29 is 5.11 Å². The van der Waals surface area contributed by atoms with Crippen LogP contribution in [-0.2, 0) is 6.54 Å². The van der Waals surface area contributed by atoms with Gasteiger partial charge in [-0.3, -0.25) is 5.32 Å². The smallest absolute Gasteiger partial charge is 0.105 e. The van der Waals surface area contributed by atoms with Gasteiger partial charge in [0.15, 0.2) is 0 Å². The van der Waals surface area contributed by atoms with Crippen LogP contribution in [0.1, 0.15) is 49.7 Å². The van der Waals surface area contributed by atoms with Crippen LogP contribution in [0, 0.1) is 12.8 Å². The Morgan fingerprint density at radius 3 is 2.78 bits per heavy atom. The first-order chi connectivity index (χ1) is 8.74. The fourth-order valence-electron chi connectivity index (χ4n) is 2.88. The molecule has 0 bridgehead atoms. The highest BCUT2D eigenvalue weighted by molar-refractivity contribution is 5.21. The second-order valence-electron chi connectivity index (χ2n) is 5.63. The molecular weight excluding hydrogens is 222 g/mol. The van der Waals surface area contributed by atoms with Gasteiger partial charge < -0.3 is 5.11 Å². The Bertz CT molecular complexity index is 358. The highest BCUT2D eigenvalue weighted by Gasteiger charge is 2.16. The molecule has 18 heavy (non-hydrogen) atoms. The first kappa shape index (κ1) is 13.6. The van der Waals surface area contributed by atoms with Crippen LogP contribution in [0.4, 0.5) is 0 Å². The predicted octanol–water partition coefficient (Wildman–Crippen LogP) is 3.37. The highest BCUT2D eigenvalue weighted by atomic mass is 16.3. The summed E-state index contributed by atoms with van der Waals surface area (Å²) in [6, 6.07) is 8.44. The van der Waals surface area contributed by atoms with Gasteiger partial charge in [-0.05, 0) is 24.8 Å². The highest BCUT2D eigenvalue weighted by Crippen LogP contribution is 2.26. The Morgan fingerprint density at radius 2 is 2.06 bits per heavy atom. The van der Waals surface area contributed by atoms with Gasteiger partial charge in [0.2, 0.25) is 0 Å². The first-order valence-corrected chi connectivity index (χ1v) is 7.21. The molecule has 2 nitrogen and oxygen atoms in total. The summed E-state index contributed by atoms with van der Waals surface area (Å²) in [5, 5.41) is 13.2. The Kier molecular flexibility index (Phi) is 5.21. The molecule has 0 radical (unpaired) electrons. The van der Waals surface area contributed by atoms with E-state index in [-0.39, 0.29) is 6.23 Å². The van der Waals surface area contributed by atoms with Gasteiger partial charge in [-0.15, -0.1) is 0 Å². The van der Waals surface area contributed by atoms with Crippen molar-refractivity contribution in [1.29, 1.82) is 0 Å². The molecule has 1 fully saturated rings. The Hall–Kier alpha value is -0.860. The lowest BCUT2D eigenvalue weighted by Gasteiger charge is -2.24. The van der Waals surface area contributed by atoms with Crippen molar-refractivity contribution in [3.63, 3.8) is 0 Å². The van der Waals surface area contributed by atoms with E-state index in [1.807, 2.05) is 0 Å².